The molecule has 2 aromatic carbocycles. The number of rotatable bonds is 5. The van der Waals surface area contributed by atoms with E-state index >= 15 is 0 Å². The number of carbonyl (C=O) groups excluding carboxylic acids is 2. The van der Waals surface area contributed by atoms with E-state index in [9.17, 15) is 9.59 Å². The molecule has 132 valence electrons. The SMILES string of the molecule is Cc1ccc(C(=O)Nc2cccc(CNC(=O)C3(N)CC3)c2)cc1.Cl. The summed E-state index contributed by atoms with van der Waals surface area (Å²) in [4.78, 5) is 24.1. The zero-order valence-corrected chi connectivity index (χ0v) is 14.9. The molecule has 1 saturated carbocycles. The largest absolute Gasteiger partial charge is 0.350 e. The first kappa shape index (κ1) is 19.0. The molecule has 25 heavy (non-hydrogen) atoms. The number of benzene rings is 2. The summed E-state index contributed by atoms with van der Waals surface area (Å²) in [5.41, 5.74) is 8.51. The first-order valence-corrected chi connectivity index (χ1v) is 8.00. The van der Waals surface area contributed by atoms with Crippen LogP contribution in [0.3, 0.4) is 0 Å². The van der Waals surface area contributed by atoms with Gasteiger partial charge >= 0.3 is 0 Å². The van der Waals surface area contributed by atoms with Crippen molar-refractivity contribution in [1.82, 2.24) is 5.32 Å². The Hall–Kier alpha value is -2.37. The lowest BCUT2D eigenvalue weighted by Gasteiger charge is -2.11. The van der Waals surface area contributed by atoms with E-state index in [0.29, 0.717) is 17.8 Å². The van der Waals surface area contributed by atoms with Crippen LogP contribution in [0.1, 0.15) is 34.3 Å². The van der Waals surface area contributed by atoms with Crippen LogP contribution in [0.15, 0.2) is 48.5 Å². The van der Waals surface area contributed by atoms with Gasteiger partial charge in [0.25, 0.3) is 5.91 Å². The predicted molar refractivity (Wildman–Crippen MR) is 101 cm³/mol. The van der Waals surface area contributed by atoms with Gasteiger partial charge in [-0.2, -0.15) is 0 Å². The fraction of sp³-hybridized carbons (Fsp3) is 0.263. The van der Waals surface area contributed by atoms with Crippen molar-refractivity contribution in [2.45, 2.75) is 31.8 Å². The number of anilines is 1. The Bertz CT molecular complexity index is 770. The molecular formula is C19H22ClN3O2. The van der Waals surface area contributed by atoms with Gasteiger partial charge in [-0.1, -0.05) is 29.8 Å². The topological polar surface area (TPSA) is 84.2 Å². The third-order valence-electron chi connectivity index (χ3n) is 4.19. The smallest absolute Gasteiger partial charge is 0.255 e. The van der Waals surface area contributed by atoms with Crippen LogP contribution in [0.2, 0.25) is 0 Å². The van der Waals surface area contributed by atoms with Crippen LogP contribution in [0, 0.1) is 6.92 Å². The van der Waals surface area contributed by atoms with E-state index in [-0.39, 0.29) is 24.2 Å². The molecule has 4 N–H and O–H groups in total. The number of carbonyl (C=O) groups is 2. The number of hydrogen-bond donors (Lipinski definition) is 3. The van der Waals surface area contributed by atoms with Gasteiger partial charge in [0, 0.05) is 17.8 Å². The minimum atomic E-state index is -0.669. The van der Waals surface area contributed by atoms with Gasteiger partial charge in [-0.15, -0.1) is 12.4 Å². The van der Waals surface area contributed by atoms with Crippen LogP contribution >= 0.6 is 12.4 Å². The third kappa shape index (κ3) is 4.81. The van der Waals surface area contributed by atoms with Gasteiger partial charge in [-0.3, -0.25) is 9.59 Å². The van der Waals surface area contributed by atoms with Gasteiger partial charge in [0.15, 0.2) is 0 Å². The van der Waals surface area contributed by atoms with E-state index in [1.54, 1.807) is 12.1 Å². The van der Waals surface area contributed by atoms with Crippen LogP contribution in [0.4, 0.5) is 5.69 Å². The maximum Gasteiger partial charge on any atom is 0.255 e. The second kappa shape index (κ2) is 7.68. The molecule has 0 atom stereocenters. The van der Waals surface area contributed by atoms with Crippen LogP contribution in [0.5, 0.6) is 0 Å². The first-order valence-electron chi connectivity index (χ1n) is 8.00. The highest BCUT2D eigenvalue weighted by molar-refractivity contribution is 6.04. The second-order valence-corrected chi connectivity index (χ2v) is 6.36. The third-order valence-corrected chi connectivity index (χ3v) is 4.19. The molecule has 0 unspecified atom stereocenters. The number of amides is 2. The Kier molecular flexibility index (Phi) is 5.82. The molecule has 0 heterocycles. The predicted octanol–water partition coefficient (Wildman–Crippen LogP) is 2.78. The van der Waals surface area contributed by atoms with E-state index in [2.05, 4.69) is 10.6 Å². The van der Waals surface area contributed by atoms with Crippen LogP contribution in [-0.2, 0) is 11.3 Å². The van der Waals surface area contributed by atoms with Gasteiger partial charge in [-0.05, 0) is 49.6 Å². The highest BCUT2D eigenvalue weighted by Gasteiger charge is 2.45. The minimum absolute atomic E-state index is 0. The highest BCUT2D eigenvalue weighted by atomic mass is 35.5. The number of aryl methyl sites for hydroxylation is 1. The van der Waals surface area contributed by atoms with Crippen molar-refractivity contribution in [3.63, 3.8) is 0 Å². The maximum atomic E-state index is 12.2. The normalized spacial score (nSPS) is 14.2. The Morgan fingerprint density at radius 2 is 1.80 bits per heavy atom. The zero-order valence-electron chi connectivity index (χ0n) is 14.0. The van der Waals surface area contributed by atoms with Crippen molar-refractivity contribution < 1.29 is 9.59 Å². The monoisotopic (exact) mass is 359 g/mol. The molecule has 2 amide bonds. The standard InChI is InChI=1S/C19H21N3O2.ClH/c1-13-5-7-15(8-6-13)17(23)22-16-4-2-3-14(11-16)12-21-18(24)19(20)9-10-19;/h2-8,11H,9-10,12,20H2,1H3,(H,21,24)(H,22,23);1H. The Morgan fingerprint density at radius 1 is 1.12 bits per heavy atom. The Balaban J connectivity index is 0.00000225. The molecule has 1 aliphatic carbocycles. The number of halogens is 1. The lowest BCUT2D eigenvalue weighted by atomic mass is 10.1. The summed E-state index contributed by atoms with van der Waals surface area (Å²) in [6.45, 7) is 2.37. The Morgan fingerprint density at radius 3 is 2.44 bits per heavy atom. The average molecular weight is 360 g/mol. The molecule has 1 fully saturated rings. The van der Waals surface area contributed by atoms with Crippen molar-refractivity contribution in [2.24, 2.45) is 5.73 Å². The first-order chi connectivity index (χ1) is 11.5. The molecule has 2 aromatic rings. The maximum absolute atomic E-state index is 12.2. The summed E-state index contributed by atoms with van der Waals surface area (Å²) in [6.07, 6.45) is 1.48. The van der Waals surface area contributed by atoms with Crippen LogP contribution < -0.4 is 16.4 Å². The molecular weight excluding hydrogens is 338 g/mol. The summed E-state index contributed by atoms with van der Waals surface area (Å²) in [6, 6.07) is 14.8. The zero-order chi connectivity index (χ0) is 17.2. The van der Waals surface area contributed by atoms with Gasteiger partial charge in [0.2, 0.25) is 5.91 Å². The van der Waals surface area contributed by atoms with Crippen LogP contribution in [-0.4, -0.2) is 17.4 Å². The van der Waals surface area contributed by atoms with Crippen molar-refractivity contribution in [3.8, 4) is 0 Å². The summed E-state index contributed by atoms with van der Waals surface area (Å²) >= 11 is 0. The number of nitrogens with two attached hydrogens (primary N) is 1. The average Bonchev–Trinajstić information content (AvgIpc) is 3.32. The molecule has 0 spiro atoms. The van der Waals surface area contributed by atoms with Crippen molar-refractivity contribution in [3.05, 3.63) is 65.2 Å². The molecule has 0 radical (unpaired) electrons. The van der Waals surface area contributed by atoms with E-state index in [1.165, 1.54) is 0 Å². The summed E-state index contributed by atoms with van der Waals surface area (Å²) in [5.74, 6) is -0.272. The second-order valence-electron chi connectivity index (χ2n) is 6.36. The molecule has 1 aliphatic rings. The molecule has 0 saturated heterocycles. The summed E-state index contributed by atoms with van der Waals surface area (Å²) in [5, 5.41) is 5.72. The number of nitrogens with one attached hydrogen (secondary N) is 2. The quantitative estimate of drug-likeness (QED) is 0.767. The molecule has 0 bridgehead atoms. The van der Waals surface area contributed by atoms with E-state index < -0.39 is 5.54 Å². The molecule has 0 aromatic heterocycles. The van der Waals surface area contributed by atoms with Gasteiger partial charge in [0.05, 0.1) is 5.54 Å². The molecule has 0 aliphatic heterocycles. The fourth-order valence-electron chi connectivity index (χ4n) is 2.39. The van der Waals surface area contributed by atoms with Gasteiger partial charge in [-0.25, -0.2) is 0 Å². The van der Waals surface area contributed by atoms with Crippen LogP contribution in [0.25, 0.3) is 0 Å². The van der Waals surface area contributed by atoms with E-state index in [4.69, 9.17) is 5.73 Å². The minimum Gasteiger partial charge on any atom is -0.350 e. The molecule has 3 rings (SSSR count). The van der Waals surface area contributed by atoms with Crippen molar-refractivity contribution in [1.29, 1.82) is 0 Å². The molecule has 5 nitrogen and oxygen atoms in total. The lowest BCUT2D eigenvalue weighted by Crippen LogP contribution is -2.42. The van der Waals surface area contributed by atoms with Gasteiger partial charge in [0.1, 0.15) is 0 Å². The van der Waals surface area contributed by atoms with Crippen molar-refractivity contribution >= 4 is 29.9 Å². The van der Waals surface area contributed by atoms with E-state index in [0.717, 1.165) is 24.0 Å². The highest BCUT2D eigenvalue weighted by Crippen LogP contribution is 2.32. The summed E-state index contributed by atoms with van der Waals surface area (Å²) < 4.78 is 0. The Labute approximate surface area is 153 Å². The summed E-state index contributed by atoms with van der Waals surface area (Å²) in [7, 11) is 0. The van der Waals surface area contributed by atoms with E-state index in [1.807, 2.05) is 43.3 Å². The lowest BCUT2D eigenvalue weighted by molar-refractivity contribution is -0.123. The number of hydrogen-bond acceptors (Lipinski definition) is 3. The van der Waals surface area contributed by atoms with Gasteiger partial charge < -0.3 is 16.4 Å². The molecule has 6 heteroatoms. The van der Waals surface area contributed by atoms with Crippen molar-refractivity contribution in [2.75, 3.05) is 5.32 Å². The fourth-order valence-corrected chi connectivity index (χ4v) is 2.39.